The van der Waals surface area contributed by atoms with Crippen LogP contribution in [0.15, 0.2) is 54.7 Å². The Morgan fingerprint density at radius 1 is 1.14 bits per heavy atom. The van der Waals surface area contributed by atoms with Crippen molar-refractivity contribution in [2.24, 2.45) is 0 Å². The van der Waals surface area contributed by atoms with Crippen molar-refractivity contribution in [3.05, 3.63) is 71.7 Å². The zero-order valence-electron chi connectivity index (χ0n) is 20.6. The molecular formula is C26H27F3N6O2. The van der Waals surface area contributed by atoms with Gasteiger partial charge in [0.1, 0.15) is 6.54 Å². The molecular weight excluding hydrogens is 485 g/mol. The third kappa shape index (κ3) is 6.11. The van der Waals surface area contributed by atoms with Gasteiger partial charge in [-0.1, -0.05) is 36.4 Å². The molecule has 3 aromatic rings. The van der Waals surface area contributed by atoms with Gasteiger partial charge in [0.25, 0.3) is 0 Å². The highest BCUT2D eigenvalue weighted by Crippen LogP contribution is 2.29. The fourth-order valence-corrected chi connectivity index (χ4v) is 4.02. The lowest BCUT2D eigenvalue weighted by atomic mass is 9.96. The summed E-state index contributed by atoms with van der Waals surface area (Å²) in [6.45, 7) is 0.999. The van der Waals surface area contributed by atoms with Crippen LogP contribution in [0.3, 0.4) is 0 Å². The molecule has 2 aromatic carbocycles. The van der Waals surface area contributed by atoms with Crippen molar-refractivity contribution in [2.45, 2.75) is 19.0 Å². The molecule has 8 nitrogen and oxygen atoms in total. The SMILES string of the molecule is CC(C(=O)N(C)C)c1ccc(C2=Cc3ncc(-c4cccc(NC(=O)NCC(F)(F)F)c4)n3NC2)cc1. The van der Waals surface area contributed by atoms with Gasteiger partial charge in [-0.05, 0) is 41.8 Å². The van der Waals surface area contributed by atoms with Gasteiger partial charge in [0, 0.05) is 25.3 Å². The Hall–Kier alpha value is -4.28. The standard InChI is InChI=1S/C26H27F3N6O2/c1-16(24(36)34(2)3)17-7-9-18(10-8-17)20-12-23-30-14-22(35(23)32-13-20)19-5-4-6-21(11-19)33-25(37)31-15-26(27,28)29/h4-12,14,16,32H,13,15H2,1-3H3,(H2,31,33,37). The lowest BCUT2D eigenvalue weighted by molar-refractivity contribution is -0.129. The number of hydrogen-bond acceptors (Lipinski definition) is 4. The average molecular weight is 513 g/mol. The maximum absolute atomic E-state index is 12.3. The van der Waals surface area contributed by atoms with Crippen LogP contribution in [0.25, 0.3) is 22.9 Å². The Balaban J connectivity index is 1.49. The van der Waals surface area contributed by atoms with Crippen LogP contribution in [0, 0.1) is 0 Å². The van der Waals surface area contributed by atoms with E-state index in [0.717, 1.165) is 28.0 Å². The predicted molar refractivity (Wildman–Crippen MR) is 136 cm³/mol. The first kappa shape index (κ1) is 25.8. The predicted octanol–water partition coefficient (Wildman–Crippen LogP) is 4.52. The van der Waals surface area contributed by atoms with Crippen molar-refractivity contribution >= 4 is 29.3 Å². The summed E-state index contributed by atoms with van der Waals surface area (Å²) in [6.07, 6.45) is -0.835. The smallest absolute Gasteiger partial charge is 0.348 e. The summed E-state index contributed by atoms with van der Waals surface area (Å²) >= 11 is 0. The van der Waals surface area contributed by atoms with Crippen molar-refractivity contribution < 1.29 is 22.8 Å². The van der Waals surface area contributed by atoms with Gasteiger partial charge in [0.05, 0.1) is 24.4 Å². The summed E-state index contributed by atoms with van der Waals surface area (Å²) in [5.74, 6) is 0.491. The largest absolute Gasteiger partial charge is 0.405 e. The number of nitrogens with one attached hydrogen (secondary N) is 3. The van der Waals surface area contributed by atoms with Crippen LogP contribution in [-0.2, 0) is 4.79 Å². The summed E-state index contributed by atoms with van der Waals surface area (Å²) in [5.41, 5.74) is 8.11. The number of anilines is 1. The van der Waals surface area contributed by atoms with E-state index >= 15 is 0 Å². The number of carbonyl (C=O) groups is 2. The molecule has 3 amide bonds. The van der Waals surface area contributed by atoms with Crippen molar-refractivity contribution in [3.63, 3.8) is 0 Å². The van der Waals surface area contributed by atoms with Crippen LogP contribution < -0.4 is 16.1 Å². The van der Waals surface area contributed by atoms with Crippen molar-refractivity contribution in [1.82, 2.24) is 19.9 Å². The quantitative estimate of drug-likeness (QED) is 0.453. The number of benzene rings is 2. The number of amides is 3. The van der Waals surface area contributed by atoms with E-state index in [4.69, 9.17) is 0 Å². The maximum Gasteiger partial charge on any atom is 0.405 e. The molecule has 0 spiro atoms. The Kier molecular flexibility index (Phi) is 7.23. The van der Waals surface area contributed by atoms with Gasteiger partial charge in [-0.3, -0.25) is 4.79 Å². The lowest BCUT2D eigenvalue weighted by Gasteiger charge is -2.21. The highest BCUT2D eigenvalue weighted by Gasteiger charge is 2.27. The van der Waals surface area contributed by atoms with Gasteiger partial charge in [-0.25, -0.2) is 14.5 Å². The second kappa shape index (κ2) is 10.4. The van der Waals surface area contributed by atoms with Crippen LogP contribution in [0.2, 0.25) is 0 Å². The zero-order chi connectivity index (χ0) is 26.7. The Bertz CT molecular complexity index is 1330. The maximum atomic E-state index is 12.3. The third-order valence-corrected chi connectivity index (χ3v) is 5.98. The fourth-order valence-electron chi connectivity index (χ4n) is 4.02. The van der Waals surface area contributed by atoms with Crippen LogP contribution in [-0.4, -0.2) is 59.9 Å². The molecule has 0 saturated heterocycles. The molecule has 0 fully saturated rings. The van der Waals surface area contributed by atoms with E-state index < -0.39 is 18.8 Å². The van der Waals surface area contributed by atoms with E-state index in [1.165, 1.54) is 0 Å². The Morgan fingerprint density at radius 2 is 1.86 bits per heavy atom. The summed E-state index contributed by atoms with van der Waals surface area (Å²) in [7, 11) is 3.48. The first-order valence-electron chi connectivity index (χ1n) is 11.6. The summed E-state index contributed by atoms with van der Waals surface area (Å²) in [6, 6.07) is 13.7. The highest BCUT2D eigenvalue weighted by atomic mass is 19.4. The molecule has 0 aliphatic carbocycles. The third-order valence-electron chi connectivity index (χ3n) is 5.98. The van der Waals surface area contributed by atoms with Crippen LogP contribution in [0.4, 0.5) is 23.7 Å². The van der Waals surface area contributed by atoms with Gasteiger partial charge in [-0.2, -0.15) is 13.2 Å². The number of rotatable bonds is 6. The van der Waals surface area contributed by atoms with Crippen molar-refractivity contribution in [2.75, 3.05) is 37.9 Å². The molecule has 1 unspecified atom stereocenters. The molecule has 1 aliphatic heterocycles. The molecule has 11 heteroatoms. The minimum atomic E-state index is -4.49. The van der Waals surface area contributed by atoms with Crippen molar-refractivity contribution in [3.8, 4) is 11.3 Å². The molecule has 1 aromatic heterocycles. The van der Waals surface area contributed by atoms with E-state index in [1.54, 1.807) is 48.7 Å². The summed E-state index contributed by atoms with van der Waals surface area (Å²) in [4.78, 5) is 30.1. The molecule has 0 saturated carbocycles. The average Bonchev–Trinajstić information content (AvgIpc) is 3.30. The monoisotopic (exact) mass is 512 g/mol. The van der Waals surface area contributed by atoms with Gasteiger partial charge in [0.2, 0.25) is 5.91 Å². The number of imidazole rings is 1. The first-order chi connectivity index (χ1) is 17.5. The topological polar surface area (TPSA) is 91.3 Å². The minimum Gasteiger partial charge on any atom is -0.348 e. The van der Waals surface area contributed by atoms with Gasteiger partial charge >= 0.3 is 12.2 Å². The molecule has 0 radical (unpaired) electrons. The molecule has 3 N–H and O–H groups in total. The molecule has 4 rings (SSSR count). The number of urea groups is 1. The molecule has 1 aliphatic rings. The first-order valence-corrected chi connectivity index (χ1v) is 11.6. The van der Waals surface area contributed by atoms with Crippen LogP contribution >= 0.6 is 0 Å². The molecule has 194 valence electrons. The number of halogens is 3. The van der Waals surface area contributed by atoms with Crippen LogP contribution in [0.1, 0.15) is 29.8 Å². The number of likely N-dealkylation sites (N-methyl/N-ethyl adjacent to an activating group) is 1. The molecule has 1 atom stereocenters. The normalized spacial score (nSPS) is 13.6. The van der Waals surface area contributed by atoms with Gasteiger partial charge in [0.15, 0.2) is 5.82 Å². The van der Waals surface area contributed by atoms with Gasteiger partial charge in [-0.15, -0.1) is 0 Å². The lowest BCUT2D eigenvalue weighted by Crippen LogP contribution is -2.36. The Morgan fingerprint density at radius 3 is 2.54 bits per heavy atom. The van der Waals surface area contributed by atoms with E-state index in [1.807, 2.05) is 48.0 Å². The highest BCUT2D eigenvalue weighted by molar-refractivity contribution is 5.90. The fraction of sp³-hybridized carbons (Fsp3) is 0.269. The number of aromatic nitrogens is 2. The van der Waals surface area contributed by atoms with E-state index in [9.17, 15) is 22.8 Å². The Labute approximate surface area is 212 Å². The summed E-state index contributed by atoms with van der Waals surface area (Å²) < 4.78 is 38.8. The van der Waals surface area contributed by atoms with E-state index in [0.29, 0.717) is 18.1 Å². The molecule has 37 heavy (non-hydrogen) atoms. The number of hydrogen-bond donors (Lipinski definition) is 3. The van der Waals surface area contributed by atoms with E-state index in [2.05, 4.69) is 15.7 Å². The molecule has 0 bridgehead atoms. The van der Waals surface area contributed by atoms with Crippen LogP contribution in [0.5, 0.6) is 0 Å². The number of fused-ring (bicyclic) bond motifs is 1. The number of carbonyl (C=O) groups excluding carboxylic acids is 2. The second-order valence-electron chi connectivity index (χ2n) is 8.92. The van der Waals surface area contributed by atoms with Crippen molar-refractivity contribution in [1.29, 1.82) is 0 Å². The molecule has 2 heterocycles. The van der Waals surface area contributed by atoms with E-state index in [-0.39, 0.29) is 11.8 Å². The number of nitrogens with zero attached hydrogens (tertiary/aromatic N) is 3. The zero-order valence-corrected chi connectivity index (χ0v) is 20.6. The van der Waals surface area contributed by atoms with Gasteiger partial charge < -0.3 is 21.0 Å². The summed E-state index contributed by atoms with van der Waals surface area (Å²) in [5, 5.41) is 4.20. The number of alkyl halides is 3. The second-order valence-corrected chi connectivity index (χ2v) is 8.92. The minimum absolute atomic E-state index is 0.0436.